The summed E-state index contributed by atoms with van der Waals surface area (Å²) >= 11 is 0. The molecule has 86 valence electrons. The van der Waals surface area contributed by atoms with Crippen LogP contribution < -0.4 is 10.6 Å². The van der Waals surface area contributed by atoms with Gasteiger partial charge in [0.25, 0.3) is 0 Å². The van der Waals surface area contributed by atoms with Gasteiger partial charge >= 0.3 is 0 Å². The van der Waals surface area contributed by atoms with Crippen LogP contribution in [0.25, 0.3) is 0 Å². The maximum Gasteiger partial charge on any atom is 0.216 e. The SMILES string of the molecule is CC(=O)NCCNC1CCc2ccccc21. The average molecular weight is 218 g/mol. The zero-order valence-corrected chi connectivity index (χ0v) is 9.62. The van der Waals surface area contributed by atoms with Crippen LogP contribution >= 0.6 is 0 Å². The fourth-order valence-electron chi connectivity index (χ4n) is 2.25. The number of carbonyl (C=O) groups excluding carboxylic acids is 1. The lowest BCUT2D eigenvalue weighted by Crippen LogP contribution is -2.31. The van der Waals surface area contributed by atoms with Gasteiger partial charge in [0, 0.05) is 26.1 Å². The number of aryl methyl sites for hydroxylation is 1. The lowest BCUT2D eigenvalue weighted by Gasteiger charge is -2.13. The molecule has 2 N–H and O–H groups in total. The van der Waals surface area contributed by atoms with Crippen LogP contribution in [-0.2, 0) is 11.2 Å². The van der Waals surface area contributed by atoms with Gasteiger partial charge in [-0.25, -0.2) is 0 Å². The van der Waals surface area contributed by atoms with Crippen molar-refractivity contribution in [1.29, 1.82) is 0 Å². The van der Waals surface area contributed by atoms with E-state index in [1.165, 1.54) is 17.5 Å². The Labute approximate surface area is 96.2 Å². The zero-order valence-electron chi connectivity index (χ0n) is 9.62. The van der Waals surface area contributed by atoms with Crippen molar-refractivity contribution in [3.63, 3.8) is 0 Å². The summed E-state index contributed by atoms with van der Waals surface area (Å²) in [5.41, 5.74) is 2.88. The third-order valence-corrected chi connectivity index (χ3v) is 3.02. The maximum atomic E-state index is 10.7. The number of fused-ring (bicyclic) bond motifs is 1. The molecule has 0 saturated carbocycles. The molecule has 2 rings (SSSR count). The summed E-state index contributed by atoms with van der Waals surface area (Å²) in [6.45, 7) is 3.08. The standard InChI is InChI=1S/C13H18N2O/c1-10(16)14-8-9-15-13-7-6-11-4-2-3-5-12(11)13/h2-5,13,15H,6-9H2,1H3,(H,14,16). The number of amides is 1. The predicted octanol–water partition coefficient (Wildman–Crippen LogP) is 1.40. The van der Waals surface area contributed by atoms with Gasteiger partial charge in [-0.05, 0) is 24.0 Å². The highest BCUT2D eigenvalue weighted by atomic mass is 16.1. The van der Waals surface area contributed by atoms with Crippen molar-refractivity contribution in [1.82, 2.24) is 10.6 Å². The van der Waals surface area contributed by atoms with E-state index in [9.17, 15) is 4.79 Å². The van der Waals surface area contributed by atoms with E-state index in [-0.39, 0.29) is 5.91 Å². The molecule has 1 unspecified atom stereocenters. The van der Waals surface area contributed by atoms with Crippen molar-refractivity contribution in [3.8, 4) is 0 Å². The topological polar surface area (TPSA) is 41.1 Å². The van der Waals surface area contributed by atoms with Gasteiger partial charge in [-0.1, -0.05) is 24.3 Å². The number of benzene rings is 1. The minimum absolute atomic E-state index is 0.0358. The van der Waals surface area contributed by atoms with E-state index in [4.69, 9.17) is 0 Å². The lowest BCUT2D eigenvalue weighted by molar-refractivity contribution is -0.118. The minimum Gasteiger partial charge on any atom is -0.355 e. The van der Waals surface area contributed by atoms with E-state index in [0.29, 0.717) is 12.6 Å². The van der Waals surface area contributed by atoms with Crippen LogP contribution in [0.3, 0.4) is 0 Å². The molecule has 1 aliphatic rings. The molecule has 0 bridgehead atoms. The molecule has 1 aliphatic carbocycles. The molecule has 3 heteroatoms. The van der Waals surface area contributed by atoms with Gasteiger partial charge in [0.05, 0.1) is 0 Å². The first-order valence-electron chi connectivity index (χ1n) is 5.83. The Bertz CT molecular complexity index is 376. The maximum absolute atomic E-state index is 10.7. The normalized spacial score (nSPS) is 18.2. The van der Waals surface area contributed by atoms with Gasteiger partial charge in [0.1, 0.15) is 0 Å². The molecule has 1 atom stereocenters. The smallest absolute Gasteiger partial charge is 0.216 e. The molecule has 0 radical (unpaired) electrons. The van der Waals surface area contributed by atoms with E-state index in [1.807, 2.05) is 0 Å². The number of hydrogen-bond acceptors (Lipinski definition) is 2. The molecule has 16 heavy (non-hydrogen) atoms. The zero-order chi connectivity index (χ0) is 11.4. The third kappa shape index (κ3) is 2.61. The van der Waals surface area contributed by atoms with Crippen molar-refractivity contribution in [2.45, 2.75) is 25.8 Å². The highest BCUT2D eigenvalue weighted by molar-refractivity contribution is 5.72. The van der Waals surface area contributed by atoms with Crippen LogP contribution in [0.15, 0.2) is 24.3 Å². The molecule has 0 spiro atoms. The summed E-state index contributed by atoms with van der Waals surface area (Å²) in [6.07, 6.45) is 2.33. The van der Waals surface area contributed by atoms with Gasteiger partial charge in [0.2, 0.25) is 5.91 Å². The van der Waals surface area contributed by atoms with Crippen LogP contribution in [0.1, 0.15) is 30.5 Å². The first-order chi connectivity index (χ1) is 7.77. The Kier molecular flexibility index (Phi) is 3.57. The van der Waals surface area contributed by atoms with Crippen molar-refractivity contribution >= 4 is 5.91 Å². The monoisotopic (exact) mass is 218 g/mol. The van der Waals surface area contributed by atoms with Crippen LogP contribution in [0, 0.1) is 0 Å². The van der Waals surface area contributed by atoms with E-state index >= 15 is 0 Å². The third-order valence-electron chi connectivity index (χ3n) is 3.02. The molecule has 1 aromatic rings. The molecule has 0 fully saturated rings. The Morgan fingerprint density at radius 1 is 1.38 bits per heavy atom. The van der Waals surface area contributed by atoms with Crippen LogP contribution in [0.5, 0.6) is 0 Å². The first-order valence-corrected chi connectivity index (χ1v) is 5.83. The molecular weight excluding hydrogens is 200 g/mol. The largest absolute Gasteiger partial charge is 0.355 e. The molecular formula is C13H18N2O. The molecule has 0 saturated heterocycles. The molecule has 3 nitrogen and oxygen atoms in total. The summed E-state index contributed by atoms with van der Waals surface area (Å²) in [5, 5.41) is 6.27. The van der Waals surface area contributed by atoms with Gasteiger partial charge in [-0.3, -0.25) is 4.79 Å². The van der Waals surface area contributed by atoms with E-state index < -0.39 is 0 Å². The van der Waals surface area contributed by atoms with Gasteiger partial charge < -0.3 is 10.6 Å². The van der Waals surface area contributed by atoms with Crippen molar-refractivity contribution < 1.29 is 4.79 Å². The van der Waals surface area contributed by atoms with Crippen molar-refractivity contribution in [2.75, 3.05) is 13.1 Å². The van der Waals surface area contributed by atoms with Crippen molar-refractivity contribution in [2.24, 2.45) is 0 Å². The fraction of sp³-hybridized carbons (Fsp3) is 0.462. The second kappa shape index (κ2) is 5.12. The predicted molar refractivity (Wildman–Crippen MR) is 64.2 cm³/mol. The van der Waals surface area contributed by atoms with Crippen molar-refractivity contribution in [3.05, 3.63) is 35.4 Å². The van der Waals surface area contributed by atoms with E-state index in [1.54, 1.807) is 6.92 Å². The molecule has 0 heterocycles. The quantitative estimate of drug-likeness (QED) is 0.750. The van der Waals surface area contributed by atoms with Gasteiger partial charge in [-0.15, -0.1) is 0 Å². The average Bonchev–Trinajstić information content (AvgIpc) is 2.68. The first kappa shape index (κ1) is 11.1. The van der Waals surface area contributed by atoms with Gasteiger partial charge in [0.15, 0.2) is 0 Å². The second-order valence-electron chi connectivity index (χ2n) is 4.23. The summed E-state index contributed by atoms with van der Waals surface area (Å²) in [5.74, 6) is 0.0358. The van der Waals surface area contributed by atoms with Crippen LogP contribution in [0.2, 0.25) is 0 Å². The highest BCUT2D eigenvalue weighted by Crippen LogP contribution is 2.30. The Balaban J connectivity index is 1.82. The molecule has 1 amide bonds. The number of rotatable bonds is 4. The Morgan fingerprint density at radius 2 is 2.19 bits per heavy atom. The molecule has 0 aliphatic heterocycles. The molecule has 1 aromatic carbocycles. The second-order valence-corrected chi connectivity index (χ2v) is 4.23. The molecule has 0 aromatic heterocycles. The van der Waals surface area contributed by atoms with E-state index in [2.05, 4.69) is 34.9 Å². The summed E-state index contributed by atoms with van der Waals surface area (Å²) in [4.78, 5) is 10.7. The number of nitrogens with one attached hydrogen (secondary N) is 2. The number of carbonyl (C=O) groups is 1. The van der Waals surface area contributed by atoms with E-state index in [0.717, 1.165) is 13.0 Å². The fourth-order valence-corrected chi connectivity index (χ4v) is 2.25. The van der Waals surface area contributed by atoms with Gasteiger partial charge in [-0.2, -0.15) is 0 Å². The van der Waals surface area contributed by atoms with Crippen LogP contribution in [-0.4, -0.2) is 19.0 Å². The number of hydrogen-bond donors (Lipinski definition) is 2. The highest BCUT2D eigenvalue weighted by Gasteiger charge is 2.20. The summed E-state index contributed by atoms with van der Waals surface area (Å²) < 4.78 is 0. The summed E-state index contributed by atoms with van der Waals surface area (Å²) in [7, 11) is 0. The lowest BCUT2D eigenvalue weighted by atomic mass is 10.1. The minimum atomic E-state index is 0.0358. The Morgan fingerprint density at radius 3 is 3.00 bits per heavy atom. The summed E-state index contributed by atoms with van der Waals surface area (Å²) in [6, 6.07) is 9.04. The Hall–Kier alpha value is -1.35. The van der Waals surface area contributed by atoms with Crippen LogP contribution in [0.4, 0.5) is 0 Å².